The number of anilines is 1. The van der Waals surface area contributed by atoms with Gasteiger partial charge in [-0.05, 0) is 18.2 Å². The number of hydrogen-bond donors (Lipinski definition) is 2. The maximum Gasteiger partial charge on any atom is 0.155 e. The Morgan fingerprint density at radius 1 is 1.35 bits per heavy atom. The Kier molecular flexibility index (Phi) is 3.29. The molecule has 1 aliphatic rings. The van der Waals surface area contributed by atoms with Crippen LogP contribution in [0, 0.1) is 5.82 Å². The summed E-state index contributed by atoms with van der Waals surface area (Å²) in [7, 11) is -3.22. The van der Waals surface area contributed by atoms with Crippen LogP contribution in [-0.4, -0.2) is 37.2 Å². The zero-order valence-electron chi connectivity index (χ0n) is 8.73. The maximum absolute atomic E-state index is 13.0. The van der Waals surface area contributed by atoms with E-state index in [2.05, 4.69) is 5.32 Å². The number of sulfone groups is 1. The van der Waals surface area contributed by atoms with Crippen molar-refractivity contribution in [2.75, 3.05) is 16.8 Å². The predicted octanol–water partition coefficient (Wildman–Crippen LogP) is 1.05. The van der Waals surface area contributed by atoms with Crippen LogP contribution < -0.4 is 5.32 Å². The Morgan fingerprint density at radius 3 is 2.59 bits per heavy atom. The standard InChI is InChI=1S/C10H11ClFNO3S/c11-6-1-7(12)3-8(2-6)13-9-4-17(15,16)5-10(9)14/h1-3,9-10,13-14H,4-5H2. The van der Waals surface area contributed by atoms with Gasteiger partial charge in [0.15, 0.2) is 9.84 Å². The number of hydrogen-bond acceptors (Lipinski definition) is 4. The minimum atomic E-state index is -3.22. The number of benzene rings is 1. The summed E-state index contributed by atoms with van der Waals surface area (Å²) in [4.78, 5) is 0. The minimum absolute atomic E-state index is 0.164. The fourth-order valence-corrected chi connectivity index (χ4v) is 3.78. The molecular weight excluding hydrogens is 269 g/mol. The van der Waals surface area contributed by atoms with Gasteiger partial charge in [0.1, 0.15) is 5.82 Å². The minimum Gasteiger partial charge on any atom is -0.390 e. The zero-order chi connectivity index (χ0) is 12.6. The molecule has 17 heavy (non-hydrogen) atoms. The van der Waals surface area contributed by atoms with E-state index in [4.69, 9.17) is 11.6 Å². The van der Waals surface area contributed by atoms with Crippen LogP contribution in [0.1, 0.15) is 0 Å². The SMILES string of the molecule is O=S1(=O)CC(O)C(Nc2cc(F)cc(Cl)c2)C1. The molecule has 0 spiro atoms. The Balaban J connectivity index is 2.16. The highest BCUT2D eigenvalue weighted by Crippen LogP contribution is 2.22. The largest absolute Gasteiger partial charge is 0.390 e. The van der Waals surface area contributed by atoms with Crippen molar-refractivity contribution in [2.24, 2.45) is 0 Å². The van der Waals surface area contributed by atoms with E-state index >= 15 is 0 Å². The molecule has 1 aromatic carbocycles. The van der Waals surface area contributed by atoms with Gasteiger partial charge in [0, 0.05) is 10.7 Å². The first-order valence-electron chi connectivity index (χ1n) is 4.97. The van der Waals surface area contributed by atoms with E-state index in [1.807, 2.05) is 0 Å². The van der Waals surface area contributed by atoms with Gasteiger partial charge in [0.25, 0.3) is 0 Å². The van der Waals surface area contributed by atoms with E-state index < -0.39 is 27.8 Å². The average molecular weight is 280 g/mol. The number of rotatable bonds is 2. The monoisotopic (exact) mass is 279 g/mol. The summed E-state index contributed by atoms with van der Waals surface area (Å²) in [6, 6.07) is 3.19. The van der Waals surface area contributed by atoms with Crippen molar-refractivity contribution in [3.05, 3.63) is 29.0 Å². The molecule has 0 aliphatic carbocycles. The number of halogens is 2. The van der Waals surface area contributed by atoms with Crippen molar-refractivity contribution in [3.63, 3.8) is 0 Å². The van der Waals surface area contributed by atoms with Crippen molar-refractivity contribution in [1.82, 2.24) is 0 Å². The summed E-state index contributed by atoms with van der Waals surface area (Å²) in [5, 5.41) is 12.5. The van der Waals surface area contributed by atoms with Crippen molar-refractivity contribution in [1.29, 1.82) is 0 Å². The Bertz CT molecular complexity index is 514. The van der Waals surface area contributed by atoms with Gasteiger partial charge in [-0.15, -0.1) is 0 Å². The third kappa shape index (κ3) is 3.08. The first-order chi connectivity index (χ1) is 7.85. The van der Waals surface area contributed by atoms with Gasteiger partial charge in [0.2, 0.25) is 0 Å². The molecule has 1 saturated heterocycles. The Morgan fingerprint density at radius 2 is 2.06 bits per heavy atom. The lowest BCUT2D eigenvalue weighted by Crippen LogP contribution is -2.31. The highest BCUT2D eigenvalue weighted by atomic mass is 35.5. The fraction of sp³-hybridized carbons (Fsp3) is 0.400. The average Bonchev–Trinajstić information content (AvgIpc) is 2.37. The van der Waals surface area contributed by atoms with E-state index in [0.29, 0.717) is 5.69 Å². The molecule has 4 nitrogen and oxygen atoms in total. The van der Waals surface area contributed by atoms with Crippen LogP contribution in [0.25, 0.3) is 0 Å². The zero-order valence-corrected chi connectivity index (χ0v) is 10.3. The van der Waals surface area contributed by atoms with E-state index in [-0.39, 0.29) is 16.5 Å². The summed E-state index contributed by atoms with van der Waals surface area (Å²) in [6.45, 7) is 0. The van der Waals surface area contributed by atoms with E-state index in [1.54, 1.807) is 0 Å². The molecule has 2 unspecified atom stereocenters. The highest BCUT2D eigenvalue weighted by molar-refractivity contribution is 7.91. The summed E-state index contributed by atoms with van der Waals surface area (Å²) < 4.78 is 35.6. The Hall–Kier alpha value is -0.850. The van der Waals surface area contributed by atoms with Crippen molar-refractivity contribution >= 4 is 27.1 Å². The fourth-order valence-electron chi connectivity index (χ4n) is 1.82. The van der Waals surface area contributed by atoms with Gasteiger partial charge in [-0.1, -0.05) is 11.6 Å². The van der Waals surface area contributed by atoms with Crippen molar-refractivity contribution in [2.45, 2.75) is 12.1 Å². The van der Waals surface area contributed by atoms with E-state index in [0.717, 1.165) is 6.07 Å². The summed E-state index contributed by atoms with van der Waals surface area (Å²) in [5.74, 6) is -0.953. The number of aliphatic hydroxyl groups is 1. The quantitative estimate of drug-likeness (QED) is 0.849. The molecule has 0 amide bonds. The van der Waals surface area contributed by atoms with E-state index in [1.165, 1.54) is 12.1 Å². The molecule has 0 aromatic heterocycles. The van der Waals surface area contributed by atoms with Gasteiger partial charge >= 0.3 is 0 Å². The maximum atomic E-state index is 13.0. The van der Waals surface area contributed by atoms with Crippen LogP contribution in [0.15, 0.2) is 18.2 Å². The number of nitrogens with one attached hydrogen (secondary N) is 1. The van der Waals surface area contributed by atoms with Gasteiger partial charge in [-0.25, -0.2) is 12.8 Å². The molecule has 1 fully saturated rings. The molecule has 94 valence electrons. The summed E-state index contributed by atoms with van der Waals surface area (Å²) >= 11 is 5.67. The second-order valence-electron chi connectivity index (χ2n) is 4.05. The first kappa shape index (κ1) is 12.6. The van der Waals surface area contributed by atoms with Crippen LogP contribution in [0.4, 0.5) is 10.1 Å². The van der Waals surface area contributed by atoms with Crippen LogP contribution in [0.5, 0.6) is 0 Å². The lowest BCUT2D eigenvalue weighted by molar-refractivity contribution is 0.190. The van der Waals surface area contributed by atoms with Crippen molar-refractivity contribution < 1.29 is 17.9 Å². The van der Waals surface area contributed by atoms with Crippen LogP contribution >= 0.6 is 11.6 Å². The van der Waals surface area contributed by atoms with Crippen LogP contribution in [-0.2, 0) is 9.84 Å². The molecule has 1 aromatic rings. The molecule has 1 aliphatic heterocycles. The third-order valence-corrected chi connectivity index (χ3v) is 4.47. The molecule has 7 heteroatoms. The molecule has 2 N–H and O–H groups in total. The molecule has 2 rings (SSSR count). The van der Waals surface area contributed by atoms with E-state index in [9.17, 15) is 17.9 Å². The second kappa shape index (κ2) is 4.44. The number of aliphatic hydroxyl groups excluding tert-OH is 1. The molecule has 2 atom stereocenters. The van der Waals surface area contributed by atoms with Gasteiger partial charge in [-0.3, -0.25) is 0 Å². The molecule has 0 saturated carbocycles. The Labute approximate surface area is 103 Å². The lowest BCUT2D eigenvalue weighted by Gasteiger charge is -2.16. The molecule has 0 bridgehead atoms. The molecule has 1 heterocycles. The van der Waals surface area contributed by atoms with Crippen molar-refractivity contribution in [3.8, 4) is 0 Å². The molecule has 0 radical (unpaired) electrons. The first-order valence-corrected chi connectivity index (χ1v) is 7.17. The van der Waals surface area contributed by atoms with Gasteiger partial charge in [-0.2, -0.15) is 0 Å². The summed E-state index contributed by atoms with van der Waals surface area (Å²) in [6.07, 6.45) is -0.984. The molecular formula is C10H11ClFNO3S. The topological polar surface area (TPSA) is 66.4 Å². The van der Waals surface area contributed by atoms with Gasteiger partial charge < -0.3 is 10.4 Å². The predicted molar refractivity (Wildman–Crippen MR) is 63.5 cm³/mol. The van der Waals surface area contributed by atoms with Crippen LogP contribution in [0.3, 0.4) is 0 Å². The summed E-state index contributed by atoms with van der Waals surface area (Å²) in [5.41, 5.74) is 0.358. The normalized spacial score (nSPS) is 27.0. The van der Waals surface area contributed by atoms with Crippen LogP contribution in [0.2, 0.25) is 5.02 Å². The lowest BCUT2D eigenvalue weighted by atomic mass is 10.2. The van der Waals surface area contributed by atoms with Gasteiger partial charge in [0.05, 0.1) is 23.7 Å². The smallest absolute Gasteiger partial charge is 0.155 e. The highest BCUT2D eigenvalue weighted by Gasteiger charge is 2.36. The second-order valence-corrected chi connectivity index (χ2v) is 6.64. The third-order valence-electron chi connectivity index (χ3n) is 2.54.